The van der Waals surface area contributed by atoms with Gasteiger partial charge in [0, 0.05) is 10.9 Å². The summed E-state index contributed by atoms with van der Waals surface area (Å²) in [6, 6.07) is 4.31. The van der Waals surface area contributed by atoms with Crippen molar-refractivity contribution in [1.29, 1.82) is 0 Å². The van der Waals surface area contributed by atoms with Gasteiger partial charge in [0.15, 0.2) is 0 Å². The summed E-state index contributed by atoms with van der Waals surface area (Å²) in [7, 11) is 0. The van der Waals surface area contributed by atoms with Crippen molar-refractivity contribution >= 4 is 17.2 Å². The summed E-state index contributed by atoms with van der Waals surface area (Å²) in [5.74, 6) is 0.408. The van der Waals surface area contributed by atoms with E-state index in [2.05, 4.69) is 50.2 Å². The predicted molar refractivity (Wildman–Crippen MR) is 88.6 cm³/mol. The van der Waals surface area contributed by atoms with Crippen LogP contribution in [0.3, 0.4) is 0 Å². The lowest BCUT2D eigenvalue weighted by Crippen LogP contribution is -2.17. The van der Waals surface area contributed by atoms with Gasteiger partial charge in [-0.2, -0.15) is 0 Å². The van der Waals surface area contributed by atoms with Crippen LogP contribution >= 0.6 is 11.3 Å². The van der Waals surface area contributed by atoms with Gasteiger partial charge in [-0.3, -0.25) is 4.79 Å². The molecular weight excluding hydrogens is 280 g/mol. The minimum absolute atomic E-state index is 0.278. The first-order valence-electron chi connectivity index (χ1n) is 7.23. The van der Waals surface area contributed by atoms with Gasteiger partial charge in [0.25, 0.3) is 0 Å². The average molecular weight is 302 g/mol. The molecule has 0 radical (unpaired) electrons. The number of carbonyl (C=O) groups excluding carboxylic acids is 1. The molecule has 1 aromatic heterocycles. The van der Waals surface area contributed by atoms with Gasteiger partial charge in [-0.15, -0.1) is 11.3 Å². The van der Waals surface area contributed by atoms with Gasteiger partial charge in [-0.25, -0.2) is 4.98 Å². The SMILES string of the molecule is CC(C)c1cc(-c2cscn2)cc(C(C)C)c1CC(N)=O. The van der Waals surface area contributed by atoms with Crippen LogP contribution < -0.4 is 5.73 Å². The highest BCUT2D eigenvalue weighted by molar-refractivity contribution is 7.07. The van der Waals surface area contributed by atoms with E-state index in [4.69, 9.17) is 5.73 Å². The zero-order valence-electron chi connectivity index (χ0n) is 13.0. The lowest BCUT2D eigenvalue weighted by atomic mass is 9.85. The molecule has 0 atom stereocenters. The van der Waals surface area contributed by atoms with Crippen LogP contribution in [0, 0.1) is 0 Å². The Kier molecular flexibility index (Phi) is 4.78. The maximum atomic E-state index is 11.4. The maximum Gasteiger partial charge on any atom is 0.221 e. The molecule has 1 aromatic carbocycles. The van der Waals surface area contributed by atoms with Crippen LogP contribution in [0.2, 0.25) is 0 Å². The summed E-state index contributed by atoms with van der Waals surface area (Å²) < 4.78 is 0. The lowest BCUT2D eigenvalue weighted by molar-refractivity contribution is -0.117. The van der Waals surface area contributed by atoms with Crippen molar-refractivity contribution < 1.29 is 4.79 Å². The number of amides is 1. The van der Waals surface area contributed by atoms with E-state index in [0.29, 0.717) is 18.3 Å². The maximum absolute atomic E-state index is 11.4. The Morgan fingerprint density at radius 3 is 2.14 bits per heavy atom. The van der Waals surface area contributed by atoms with Crippen molar-refractivity contribution in [3.63, 3.8) is 0 Å². The van der Waals surface area contributed by atoms with Crippen LogP contribution in [0.15, 0.2) is 23.0 Å². The van der Waals surface area contributed by atoms with Gasteiger partial charge in [0.1, 0.15) is 0 Å². The molecule has 0 aliphatic carbocycles. The second kappa shape index (κ2) is 6.39. The topological polar surface area (TPSA) is 56.0 Å². The third-order valence-electron chi connectivity index (χ3n) is 3.64. The number of nitrogens with two attached hydrogens (primary N) is 1. The molecule has 112 valence electrons. The van der Waals surface area contributed by atoms with Crippen LogP contribution in [0.5, 0.6) is 0 Å². The second-order valence-electron chi connectivity index (χ2n) is 5.96. The van der Waals surface area contributed by atoms with Crippen LogP contribution in [0.4, 0.5) is 0 Å². The van der Waals surface area contributed by atoms with Gasteiger partial charge in [-0.1, -0.05) is 27.7 Å². The van der Waals surface area contributed by atoms with E-state index in [1.807, 2.05) is 5.51 Å². The highest BCUT2D eigenvalue weighted by Gasteiger charge is 2.18. The van der Waals surface area contributed by atoms with E-state index in [9.17, 15) is 4.79 Å². The molecule has 0 saturated carbocycles. The summed E-state index contributed by atoms with van der Waals surface area (Å²) in [6.45, 7) is 8.59. The fourth-order valence-electron chi connectivity index (χ4n) is 2.63. The number of nitrogens with zero attached hydrogens (tertiary/aromatic N) is 1. The number of hydrogen-bond acceptors (Lipinski definition) is 3. The standard InChI is InChI=1S/C17H22N2OS/c1-10(2)13-5-12(16-8-21-9-19-16)6-14(11(3)4)15(13)7-17(18)20/h5-6,8-11H,7H2,1-4H3,(H2,18,20). The van der Waals surface area contributed by atoms with Crippen LogP contribution in [0.25, 0.3) is 11.3 Å². The van der Waals surface area contributed by atoms with Crippen molar-refractivity contribution in [3.05, 3.63) is 39.7 Å². The predicted octanol–water partition coefficient (Wildman–Crippen LogP) is 4.08. The lowest BCUT2D eigenvalue weighted by Gasteiger charge is -2.20. The summed E-state index contributed by atoms with van der Waals surface area (Å²) in [4.78, 5) is 15.8. The van der Waals surface area contributed by atoms with Gasteiger partial charge in [-0.05, 0) is 40.7 Å². The number of carbonyl (C=O) groups is 1. The van der Waals surface area contributed by atoms with E-state index in [0.717, 1.165) is 16.8 Å². The Morgan fingerprint density at radius 1 is 1.19 bits per heavy atom. The third-order valence-corrected chi connectivity index (χ3v) is 4.23. The number of rotatable bonds is 5. The fraction of sp³-hybridized carbons (Fsp3) is 0.412. The van der Waals surface area contributed by atoms with Gasteiger partial charge in [0.05, 0.1) is 17.6 Å². The van der Waals surface area contributed by atoms with Crippen LogP contribution in [-0.2, 0) is 11.2 Å². The van der Waals surface area contributed by atoms with E-state index in [1.165, 1.54) is 11.1 Å². The molecule has 4 heteroatoms. The van der Waals surface area contributed by atoms with Crippen LogP contribution in [0.1, 0.15) is 56.2 Å². The molecule has 21 heavy (non-hydrogen) atoms. The monoisotopic (exact) mass is 302 g/mol. The van der Waals surface area contributed by atoms with Gasteiger partial charge >= 0.3 is 0 Å². The molecule has 0 aliphatic rings. The first-order chi connectivity index (χ1) is 9.90. The van der Waals surface area contributed by atoms with E-state index >= 15 is 0 Å². The van der Waals surface area contributed by atoms with E-state index < -0.39 is 0 Å². The molecule has 0 fully saturated rings. The Balaban J connectivity index is 2.66. The highest BCUT2D eigenvalue weighted by Crippen LogP contribution is 2.33. The summed E-state index contributed by atoms with van der Waals surface area (Å²) in [6.07, 6.45) is 0.304. The van der Waals surface area contributed by atoms with E-state index in [1.54, 1.807) is 11.3 Å². The molecule has 0 bridgehead atoms. The van der Waals surface area contributed by atoms with Gasteiger partial charge < -0.3 is 5.73 Å². The number of aromatic nitrogens is 1. The second-order valence-corrected chi connectivity index (χ2v) is 6.68. The van der Waals surface area contributed by atoms with Crippen molar-refractivity contribution in [2.24, 2.45) is 5.73 Å². The quantitative estimate of drug-likeness (QED) is 0.904. The third kappa shape index (κ3) is 3.50. The minimum Gasteiger partial charge on any atom is -0.369 e. The molecular formula is C17H22N2OS. The van der Waals surface area contributed by atoms with E-state index in [-0.39, 0.29) is 5.91 Å². The van der Waals surface area contributed by atoms with Crippen LogP contribution in [-0.4, -0.2) is 10.9 Å². The normalized spacial score (nSPS) is 11.3. The van der Waals surface area contributed by atoms with Crippen molar-refractivity contribution in [2.45, 2.75) is 46.0 Å². The first-order valence-corrected chi connectivity index (χ1v) is 8.18. The largest absolute Gasteiger partial charge is 0.369 e. The summed E-state index contributed by atoms with van der Waals surface area (Å²) in [5.41, 5.74) is 12.9. The Bertz CT molecular complexity index is 601. The highest BCUT2D eigenvalue weighted by atomic mass is 32.1. The zero-order valence-corrected chi connectivity index (χ0v) is 13.8. The molecule has 0 aliphatic heterocycles. The molecule has 3 nitrogen and oxygen atoms in total. The number of primary amides is 1. The smallest absolute Gasteiger partial charge is 0.221 e. The summed E-state index contributed by atoms with van der Waals surface area (Å²) in [5, 5.41) is 2.05. The van der Waals surface area contributed by atoms with Crippen molar-refractivity contribution in [3.8, 4) is 11.3 Å². The molecule has 0 unspecified atom stereocenters. The molecule has 2 rings (SSSR count). The Morgan fingerprint density at radius 2 is 1.76 bits per heavy atom. The molecule has 1 heterocycles. The van der Waals surface area contributed by atoms with Crippen molar-refractivity contribution in [2.75, 3.05) is 0 Å². The average Bonchev–Trinajstić information content (AvgIpc) is 2.91. The molecule has 2 aromatic rings. The number of thiazole rings is 1. The minimum atomic E-state index is -0.278. The number of benzene rings is 1. The molecule has 0 spiro atoms. The molecule has 0 saturated heterocycles. The molecule has 1 amide bonds. The number of hydrogen-bond donors (Lipinski definition) is 1. The Hall–Kier alpha value is -1.68. The zero-order chi connectivity index (χ0) is 15.6. The van der Waals surface area contributed by atoms with Gasteiger partial charge in [0.2, 0.25) is 5.91 Å². The Labute approximate surface area is 130 Å². The molecule has 2 N–H and O–H groups in total. The van der Waals surface area contributed by atoms with Crippen molar-refractivity contribution in [1.82, 2.24) is 4.98 Å². The first kappa shape index (κ1) is 15.7. The summed E-state index contributed by atoms with van der Waals surface area (Å²) >= 11 is 1.59. The fourth-order valence-corrected chi connectivity index (χ4v) is 3.19.